The lowest BCUT2D eigenvalue weighted by Crippen LogP contribution is -2.40. The summed E-state index contributed by atoms with van der Waals surface area (Å²) in [6, 6.07) is 3.65. The third-order valence-corrected chi connectivity index (χ3v) is 3.73. The van der Waals surface area contributed by atoms with E-state index in [9.17, 15) is 0 Å². The van der Waals surface area contributed by atoms with Gasteiger partial charge in [0.05, 0.1) is 11.6 Å². The molecule has 1 rings (SSSR count). The van der Waals surface area contributed by atoms with Crippen LogP contribution in [-0.2, 0) is 0 Å². The number of aromatic nitrogens is 1. The molecule has 0 amide bonds. The second-order valence-electron chi connectivity index (χ2n) is 4.05. The third-order valence-electron chi connectivity index (χ3n) is 2.22. The molecule has 1 aromatic rings. The fourth-order valence-electron chi connectivity index (χ4n) is 1.20. The molecule has 0 bridgehead atoms. The van der Waals surface area contributed by atoms with Crippen LogP contribution in [0.5, 0.6) is 0 Å². The van der Waals surface area contributed by atoms with E-state index < -0.39 is 5.54 Å². The Balaban J connectivity index is 2.29. The normalized spacial score (nSPS) is 14.8. The summed E-state index contributed by atoms with van der Waals surface area (Å²) in [6.45, 7) is 1.87. The number of nitrogens with zero attached hydrogens (tertiary/aromatic N) is 1. The molecule has 1 heterocycles. The molecule has 1 atom stereocenters. The Hall–Kier alpha value is -0.290. The van der Waals surface area contributed by atoms with Crippen LogP contribution >= 0.6 is 23.4 Å². The molecule has 16 heavy (non-hydrogen) atoms. The van der Waals surface area contributed by atoms with Gasteiger partial charge in [-0.1, -0.05) is 11.6 Å². The maximum atomic E-state index is 8.99. The van der Waals surface area contributed by atoms with Gasteiger partial charge >= 0.3 is 0 Å². The molecule has 1 aromatic heterocycles. The summed E-state index contributed by atoms with van der Waals surface area (Å²) in [4.78, 5) is 4.18. The van der Waals surface area contributed by atoms with E-state index in [1.165, 1.54) is 0 Å². The number of hydrogen-bond donors (Lipinski definition) is 2. The number of thioether (sulfide) groups is 1. The zero-order valence-electron chi connectivity index (χ0n) is 9.32. The monoisotopic (exact) mass is 260 g/mol. The van der Waals surface area contributed by atoms with Crippen molar-refractivity contribution in [1.82, 2.24) is 4.98 Å². The van der Waals surface area contributed by atoms with Crippen LogP contribution in [0.25, 0.3) is 0 Å². The minimum atomic E-state index is -0.478. The van der Waals surface area contributed by atoms with Crippen LogP contribution in [-0.4, -0.2) is 28.0 Å². The van der Waals surface area contributed by atoms with Gasteiger partial charge in [-0.05, 0) is 37.7 Å². The first-order chi connectivity index (χ1) is 7.55. The van der Waals surface area contributed by atoms with E-state index in [2.05, 4.69) is 4.98 Å². The lowest BCUT2D eigenvalue weighted by atomic mass is 9.99. The Morgan fingerprint density at radius 1 is 1.62 bits per heavy atom. The minimum absolute atomic E-state index is 0.0159. The molecule has 0 aliphatic rings. The van der Waals surface area contributed by atoms with E-state index in [1.54, 1.807) is 18.0 Å². The quantitative estimate of drug-likeness (QED) is 0.609. The van der Waals surface area contributed by atoms with Gasteiger partial charge in [-0.25, -0.2) is 4.98 Å². The summed E-state index contributed by atoms with van der Waals surface area (Å²) in [5, 5.41) is 10.5. The number of nitrogens with two attached hydrogens (primary N) is 1. The highest BCUT2D eigenvalue weighted by molar-refractivity contribution is 7.99. The van der Waals surface area contributed by atoms with Crippen molar-refractivity contribution in [2.45, 2.75) is 30.3 Å². The first-order valence-electron chi connectivity index (χ1n) is 5.18. The van der Waals surface area contributed by atoms with E-state index in [1.807, 2.05) is 19.1 Å². The molecular weight excluding hydrogens is 244 g/mol. The summed E-state index contributed by atoms with van der Waals surface area (Å²) in [7, 11) is 0. The van der Waals surface area contributed by atoms with Crippen LogP contribution in [0.3, 0.4) is 0 Å². The number of aliphatic hydroxyl groups excluding tert-OH is 1. The molecule has 0 radical (unpaired) electrons. The molecule has 90 valence electrons. The molecule has 0 spiro atoms. The Bertz CT molecular complexity index is 334. The van der Waals surface area contributed by atoms with Crippen LogP contribution in [0.4, 0.5) is 0 Å². The molecule has 3 N–H and O–H groups in total. The first kappa shape index (κ1) is 13.8. The molecule has 1 unspecified atom stereocenters. The SMILES string of the molecule is CC(N)(CO)CCCSc1ncccc1Cl. The molecule has 0 fully saturated rings. The topological polar surface area (TPSA) is 59.1 Å². The van der Waals surface area contributed by atoms with Crippen molar-refractivity contribution in [2.75, 3.05) is 12.4 Å². The number of hydrogen-bond acceptors (Lipinski definition) is 4. The van der Waals surface area contributed by atoms with E-state index in [0.29, 0.717) is 5.02 Å². The van der Waals surface area contributed by atoms with Crippen molar-refractivity contribution in [1.29, 1.82) is 0 Å². The van der Waals surface area contributed by atoms with Crippen molar-refractivity contribution < 1.29 is 5.11 Å². The van der Waals surface area contributed by atoms with Gasteiger partial charge in [0.1, 0.15) is 5.03 Å². The summed E-state index contributed by atoms with van der Waals surface area (Å²) < 4.78 is 0. The predicted molar refractivity (Wildman–Crippen MR) is 68.9 cm³/mol. The molecular formula is C11H17ClN2OS. The lowest BCUT2D eigenvalue weighted by molar-refractivity contribution is 0.200. The van der Waals surface area contributed by atoms with Crippen LogP contribution < -0.4 is 5.73 Å². The van der Waals surface area contributed by atoms with Gasteiger partial charge in [-0.2, -0.15) is 0 Å². The Kier molecular flexibility index (Phi) is 5.55. The summed E-state index contributed by atoms with van der Waals surface area (Å²) in [5.41, 5.74) is 5.35. The maximum absolute atomic E-state index is 8.99. The minimum Gasteiger partial charge on any atom is -0.394 e. The third kappa shape index (κ3) is 4.70. The smallest absolute Gasteiger partial charge is 0.115 e. The van der Waals surface area contributed by atoms with Crippen LogP contribution in [0.1, 0.15) is 19.8 Å². The summed E-state index contributed by atoms with van der Waals surface area (Å²) >= 11 is 7.59. The fraction of sp³-hybridized carbons (Fsp3) is 0.545. The first-order valence-corrected chi connectivity index (χ1v) is 6.54. The summed E-state index contributed by atoms with van der Waals surface area (Å²) in [5.74, 6) is 0.906. The van der Waals surface area contributed by atoms with Crippen molar-refractivity contribution >= 4 is 23.4 Å². The number of pyridine rings is 1. The lowest BCUT2D eigenvalue weighted by Gasteiger charge is -2.20. The van der Waals surface area contributed by atoms with Gasteiger partial charge in [0.15, 0.2) is 0 Å². The maximum Gasteiger partial charge on any atom is 0.115 e. The molecule has 0 aliphatic heterocycles. The number of halogens is 1. The van der Waals surface area contributed by atoms with Crippen molar-refractivity contribution in [3.63, 3.8) is 0 Å². The fourth-order valence-corrected chi connectivity index (χ4v) is 2.31. The standard InChI is InChI=1S/C11H17ClN2OS/c1-11(13,8-15)5-3-7-16-10-9(12)4-2-6-14-10/h2,4,6,15H,3,5,7-8,13H2,1H3. The number of aliphatic hydroxyl groups is 1. The molecule has 0 saturated heterocycles. The number of rotatable bonds is 6. The second-order valence-corrected chi connectivity index (χ2v) is 5.55. The highest BCUT2D eigenvalue weighted by atomic mass is 35.5. The van der Waals surface area contributed by atoms with E-state index >= 15 is 0 Å². The molecule has 0 aliphatic carbocycles. The van der Waals surface area contributed by atoms with Gasteiger partial charge < -0.3 is 10.8 Å². The highest BCUT2D eigenvalue weighted by Gasteiger charge is 2.16. The highest BCUT2D eigenvalue weighted by Crippen LogP contribution is 2.25. The van der Waals surface area contributed by atoms with Crippen LogP contribution in [0.15, 0.2) is 23.4 Å². The van der Waals surface area contributed by atoms with Gasteiger partial charge in [-0.3, -0.25) is 0 Å². The largest absolute Gasteiger partial charge is 0.394 e. The zero-order valence-corrected chi connectivity index (χ0v) is 10.9. The van der Waals surface area contributed by atoms with Gasteiger partial charge in [0.2, 0.25) is 0 Å². The second kappa shape index (κ2) is 6.45. The Morgan fingerprint density at radius 3 is 3.00 bits per heavy atom. The predicted octanol–water partition coefficient (Wildman–Crippen LogP) is 2.32. The Labute approximate surface area is 105 Å². The van der Waals surface area contributed by atoms with Crippen molar-refractivity contribution in [2.24, 2.45) is 5.73 Å². The van der Waals surface area contributed by atoms with Gasteiger partial charge in [0.25, 0.3) is 0 Å². The van der Waals surface area contributed by atoms with E-state index in [-0.39, 0.29) is 6.61 Å². The van der Waals surface area contributed by atoms with Gasteiger partial charge in [-0.15, -0.1) is 11.8 Å². The average Bonchev–Trinajstić information content (AvgIpc) is 2.27. The molecule has 0 saturated carbocycles. The summed E-state index contributed by atoms with van der Waals surface area (Å²) in [6.07, 6.45) is 3.46. The molecule has 0 aromatic carbocycles. The molecule has 3 nitrogen and oxygen atoms in total. The zero-order chi connectivity index (χ0) is 12.0. The van der Waals surface area contributed by atoms with E-state index in [0.717, 1.165) is 23.6 Å². The van der Waals surface area contributed by atoms with E-state index in [4.69, 9.17) is 22.4 Å². The van der Waals surface area contributed by atoms with Crippen molar-refractivity contribution in [3.05, 3.63) is 23.4 Å². The Morgan fingerprint density at radius 2 is 2.38 bits per heavy atom. The van der Waals surface area contributed by atoms with Crippen molar-refractivity contribution in [3.8, 4) is 0 Å². The van der Waals surface area contributed by atoms with Gasteiger partial charge in [0, 0.05) is 11.7 Å². The van der Waals surface area contributed by atoms with Crippen LogP contribution in [0, 0.1) is 0 Å². The van der Waals surface area contributed by atoms with Crippen LogP contribution in [0.2, 0.25) is 5.02 Å². The molecule has 5 heteroatoms. The average molecular weight is 261 g/mol.